The van der Waals surface area contributed by atoms with Crippen molar-refractivity contribution in [2.75, 3.05) is 6.61 Å². The summed E-state index contributed by atoms with van der Waals surface area (Å²) in [7, 11) is 0. The van der Waals surface area contributed by atoms with Gasteiger partial charge in [-0.05, 0) is 12.8 Å². The summed E-state index contributed by atoms with van der Waals surface area (Å²) in [4.78, 5) is 22.3. The lowest BCUT2D eigenvalue weighted by Gasteiger charge is -2.17. The minimum atomic E-state index is -0.775. The first-order valence-electron chi connectivity index (χ1n) is 4.65. The summed E-state index contributed by atoms with van der Waals surface area (Å²) in [6, 6.07) is 0. The van der Waals surface area contributed by atoms with Gasteiger partial charge in [0.2, 0.25) is 6.10 Å². The van der Waals surface area contributed by atoms with Crippen LogP contribution in [0.4, 0.5) is 0 Å². The third-order valence-electron chi connectivity index (χ3n) is 2.21. The first kappa shape index (κ1) is 10.8. The molecule has 2 unspecified atom stereocenters. The van der Waals surface area contributed by atoms with E-state index in [1.165, 1.54) is 0 Å². The maximum absolute atomic E-state index is 11.3. The number of ether oxygens (including phenoxy) is 2. The predicted octanol–water partition coefficient (Wildman–Crippen LogP) is 1.06. The van der Waals surface area contributed by atoms with Gasteiger partial charge in [0.05, 0.1) is 6.61 Å². The summed E-state index contributed by atoms with van der Waals surface area (Å²) in [6.07, 6.45) is 1.91. The second kappa shape index (κ2) is 4.79. The van der Waals surface area contributed by atoms with Crippen LogP contribution in [-0.2, 0) is 19.1 Å². The van der Waals surface area contributed by atoms with Crippen LogP contribution in [0.25, 0.3) is 0 Å². The molecule has 1 aliphatic heterocycles. The van der Waals surface area contributed by atoms with E-state index in [9.17, 15) is 9.59 Å². The first-order valence-corrected chi connectivity index (χ1v) is 4.65. The predicted molar refractivity (Wildman–Crippen MR) is 49.4 cm³/mol. The van der Waals surface area contributed by atoms with Gasteiger partial charge in [0.1, 0.15) is 0 Å². The van der Waals surface area contributed by atoms with Crippen LogP contribution in [0.15, 0.2) is 12.7 Å². The molecule has 1 rings (SSSR count). The monoisotopic (exact) mass is 198 g/mol. The molecule has 4 nitrogen and oxygen atoms in total. The van der Waals surface area contributed by atoms with Crippen LogP contribution in [0.2, 0.25) is 0 Å². The molecule has 1 heterocycles. The molecule has 0 aromatic rings. The van der Waals surface area contributed by atoms with E-state index in [-0.39, 0.29) is 5.92 Å². The van der Waals surface area contributed by atoms with Crippen molar-refractivity contribution in [1.29, 1.82) is 0 Å². The minimum Gasteiger partial charge on any atom is -0.463 e. The fourth-order valence-corrected chi connectivity index (χ4v) is 1.38. The Bertz CT molecular complexity index is 247. The van der Waals surface area contributed by atoms with Crippen molar-refractivity contribution in [2.45, 2.75) is 25.9 Å². The molecule has 14 heavy (non-hydrogen) atoms. The Kier molecular flexibility index (Phi) is 3.68. The fraction of sp³-hybridized carbons (Fsp3) is 0.600. The van der Waals surface area contributed by atoms with Crippen LogP contribution in [0.1, 0.15) is 19.8 Å². The lowest BCUT2D eigenvalue weighted by Crippen LogP contribution is -2.32. The number of esters is 2. The Morgan fingerprint density at radius 1 is 1.71 bits per heavy atom. The second-order valence-corrected chi connectivity index (χ2v) is 3.35. The minimum absolute atomic E-state index is 0.00824. The zero-order valence-corrected chi connectivity index (χ0v) is 8.19. The van der Waals surface area contributed by atoms with Gasteiger partial charge in [-0.3, -0.25) is 0 Å². The van der Waals surface area contributed by atoms with Crippen LogP contribution < -0.4 is 0 Å². The van der Waals surface area contributed by atoms with E-state index in [0.717, 1.165) is 18.9 Å². The summed E-state index contributed by atoms with van der Waals surface area (Å²) in [5.74, 6) is -1.03. The molecule has 0 radical (unpaired) electrons. The average molecular weight is 198 g/mol. The molecule has 1 fully saturated rings. The average Bonchev–Trinajstić information content (AvgIpc) is 2.32. The molecular weight excluding hydrogens is 184 g/mol. The molecule has 1 aliphatic rings. The van der Waals surface area contributed by atoms with E-state index in [2.05, 4.69) is 6.58 Å². The zero-order valence-electron chi connectivity index (χ0n) is 8.19. The molecule has 4 heteroatoms. The summed E-state index contributed by atoms with van der Waals surface area (Å²) < 4.78 is 9.79. The van der Waals surface area contributed by atoms with Crippen molar-refractivity contribution in [3.8, 4) is 0 Å². The van der Waals surface area contributed by atoms with Crippen LogP contribution in [0, 0.1) is 5.92 Å². The Labute approximate surface area is 82.9 Å². The van der Waals surface area contributed by atoms with Gasteiger partial charge in [0, 0.05) is 12.0 Å². The summed E-state index contributed by atoms with van der Waals surface area (Å²) >= 11 is 0. The van der Waals surface area contributed by atoms with Crippen molar-refractivity contribution in [3.05, 3.63) is 12.7 Å². The number of hydrogen-bond donors (Lipinski definition) is 0. The summed E-state index contributed by atoms with van der Waals surface area (Å²) in [5.41, 5.74) is 0. The van der Waals surface area contributed by atoms with Crippen LogP contribution in [-0.4, -0.2) is 24.6 Å². The molecule has 0 aromatic carbocycles. The Balaban J connectivity index is 2.64. The van der Waals surface area contributed by atoms with Crippen molar-refractivity contribution < 1.29 is 19.1 Å². The highest BCUT2D eigenvalue weighted by Crippen LogP contribution is 2.19. The number of hydrogen-bond acceptors (Lipinski definition) is 4. The fourth-order valence-electron chi connectivity index (χ4n) is 1.38. The molecule has 0 spiro atoms. The summed E-state index contributed by atoms with van der Waals surface area (Å²) in [5, 5.41) is 0. The largest absolute Gasteiger partial charge is 0.463 e. The van der Waals surface area contributed by atoms with Crippen LogP contribution in [0.5, 0.6) is 0 Å². The van der Waals surface area contributed by atoms with Gasteiger partial charge in [-0.2, -0.15) is 0 Å². The van der Waals surface area contributed by atoms with Crippen molar-refractivity contribution in [1.82, 2.24) is 0 Å². The summed E-state index contributed by atoms with van der Waals surface area (Å²) in [6.45, 7) is 5.55. The lowest BCUT2D eigenvalue weighted by molar-refractivity contribution is -0.166. The maximum atomic E-state index is 11.3. The number of rotatable bonds is 2. The number of carbonyl (C=O) groups excluding carboxylic acids is 2. The van der Waals surface area contributed by atoms with Crippen molar-refractivity contribution in [2.24, 2.45) is 5.92 Å². The lowest BCUT2D eigenvalue weighted by atomic mass is 10.0. The van der Waals surface area contributed by atoms with Crippen molar-refractivity contribution in [3.63, 3.8) is 0 Å². The van der Waals surface area contributed by atoms with Crippen LogP contribution >= 0.6 is 0 Å². The smallest absolute Gasteiger partial charge is 0.347 e. The van der Waals surface area contributed by atoms with E-state index in [4.69, 9.17) is 9.47 Å². The SMILES string of the molecule is C=CC(=O)OC1C(=O)OCCCC1C. The molecular formula is C10H14O4. The van der Waals surface area contributed by atoms with Gasteiger partial charge in [-0.1, -0.05) is 13.5 Å². The van der Waals surface area contributed by atoms with Gasteiger partial charge >= 0.3 is 11.9 Å². The standard InChI is InChI=1S/C10H14O4/c1-3-8(11)14-9-7(2)5-4-6-13-10(9)12/h3,7,9H,1,4-6H2,2H3. The van der Waals surface area contributed by atoms with Gasteiger partial charge < -0.3 is 9.47 Å². The molecule has 2 atom stereocenters. The van der Waals surface area contributed by atoms with Gasteiger partial charge in [-0.15, -0.1) is 0 Å². The molecule has 0 amide bonds. The highest BCUT2D eigenvalue weighted by molar-refractivity contribution is 5.85. The van der Waals surface area contributed by atoms with E-state index in [0.29, 0.717) is 6.61 Å². The molecule has 0 N–H and O–H groups in total. The first-order chi connectivity index (χ1) is 6.65. The van der Waals surface area contributed by atoms with E-state index >= 15 is 0 Å². The van der Waals surface area contributed by atoms with Gasteiger partial charge in [0.25, 0.3) is 0 Å². The van der Waals surface area contributed by atoms with Crippen LogP contribution in [0.3, 0.4) is 0 Å². The Morgan fingerprint density at radius 2 is 2.43 bits per heavy atom. The molecule has 1 saturated heterocycles. The molecule has 0 bridgehead atoms. The molecule has 0 aromatic heterocycles. The quantitative estimate of drug-likeness (QED) is 0.491. The van der Waals surface area contributed by atoms with E-state index in [1.54, 1.807) is 0 Å². The van der Waals surface area contributed by atoms with E-state index in [1.807, 2.05) is 6.92 Å². The number of carbonyl (C=O) groups is 2. The van der Waals surface area contributed by atoms with Crippen molar-refractivity contribution >= 4 is 11.9 Å². The highest BCUT2D eigenvalue weighted by atomic mass is 16.6. The number of cyclic esters (lactones) is 1. The Morgan fingerprint density at radius 3 is 3.07 bits per heavy atom. The Hall–Kier alpha value is -1.32. The molecule has 0 aliphatic carbocycles. The van der Waals surface area contributed by atoms with E-state index < -0.39 is 18.0 Å². The molecule has 78 valence electrons. The normalized spacial score (nSPS) is 27.4. The topological polar surface area (TPSA) is 52.6 Å². The maximum Gasteiger partial charge on any atom is 0.347 e. The van der Waals surface area contributed by atoms with Gasteiger partial charge in [0.15, 0.2) is 0 Å². The zero-order chi connectivity index (χ0) is 10.6. The third-order valence-corrected chi connectivity index (χ3v) is 2.21. The second-order valence-electron chi connectivity index (χ2n) is 3.35. The van der Waals surface area contributed by atoms with Gasteiger partial charge in [-0.25, -0.2) is 9.59 Å². The molecule has 0 saturated carbocycles. The highest BCUT2D eigenvalue weighted by Gasteiger charge is 2.31. The third kappa shape index (κ3) is 2.58.